The van der Waals surface area contributed by atoms with Crippen molar-refractivity contribution in [2.45, 2.75) is 6.54 Å². The van der Waals surface area contributed by atoms with Gasteiger partial charge < -0.3 is 4.74 Å². The van der Waals surface area contributed by atoms with Gasteiger partial charge in [0.25, 0.3) is 0 Å². The zero-order valence-electron chi connectivity index (χ0n) is 6.54. The molecule has 1 heterocycles. The summed E-state index contributed by atoms with van der Waals surface area (Å²) in [4.78, 5) is 3.67. The molecule has 0 aliphatic heterocycles. The van der Waals surface area contributed by atoms with E-state index in [1.54, 1.807) is 0 Å². The normalized spacial score (nSPS) is 9.50. The van der Waals surface area contributed by atoms with E-state index in [1.807, 2.05) is 0 Å². The molecule has 0 unspecified atom stereocenters. The predicted molar refractivity (Wildman–Crippen MR) is 39.6 cm³/mol. The molecule has 12 heavy (non-hydrogen) atoms. The number of methoxy groups -OCH3 is 1. The molecule has 0 spiro atoms. The number of pyridine rings is 1. The van der Waals surface area contributed by atoms with Crippen LogP contribution in [0.4, 0.5) is 4.39 Å². The van der Waals surface area contributed by atoms with Crippen molar-refractivity contribution < 1.29 is 9.13 Å². The van der Waals surface area contributed by atoms with Gasteiger partial charge in [-0.05, 0) is 6.07 Å². The molecule has 0 saturated heterocycles. The summed E-state index contributed by atoms with van der Waals surface area (Å²) in [5, 5.41) is 3.12. The third-order valence-electron chi connectivity index (χ3n) is 1.33. The highest BCUT2D eigenvalue weighted by Gasteiger charge is 2.04. The molecule has 4 nitrogen and oxygen atoms in total. The summed E-state index contributed by atoms with van der Waals surface area (Å²) in [6.45, 7) is 0.0912. The number of aromatic nitrogens is 1. The number of nitrogens with one attached hydrogen (secondary N) is 1. The molecule has 5 heteroatoms. The Labute approximate surface area is 68.9 Å². The Kier molecular flexibility index (Phi) is 2.68. The number of ether oxygens (including phenoxy) is 1. The zero-order valence-corrected chi connectivity index (χ0v) is 6.54. The van der Waals surface area contributed by atoms with Gasteiger partial charge in [0.05, 0.1) is 19.9 Å². The lowest BCUT2D eigenvalue weighted by Crippen LogP contribution is -1.94. The molecule has 0 bridgehead atoms. The van der Waals surface area contributed by atoms with E-state index in [4.69, 9.17) is 10.3 Å². The Bertz CT molecular complexity index is 290. The Morgan fingerprint density at radius 3 is 3.08 bits per heavy atom. The molecule has 64 valence electrons. The van der Waals surface area contributed by atoms with Crippen molar-refractivity contribution in [3.8, 4) is 5.88 Å². The Morgan fingerprint density at radius 1 is 1.75 bits per heavy atom. The molecule has 0 aliphatic rings. The third-order valence-corrected chi connectivity index (χ3v) is 1.33. The minimum absolute atomic E-state index is 0.0912. The average molecular weight is 169 g/mol. The molecule has 0 aliphatic carbocycles. The summed E-state index contributed by atoms with van der Waals surface area (Å²) in [5.41, 5.74) is 7.08. The highest BCUT2D eigenvalue weighted by atomic mass is 19.1. The maximum absolute atomic E-state index is 12.6. The number of hydrogen-bond donors (Lipinski definition) is 1. The van der Waals surface area contributed by atoms with Gasteiger partial charge in [-0.25, -0.2) is 14.9 Å². The van der Waals surface area contributed by atoms with Gasteiger partial charge >= 0.3 is 0 Å². The first-order valence-corrected chi connectivity index (χ1v) is 3.29. The lowest BCUT2D eigenvalue weighted by atomic mass is 10.3. The van der Waals surface area contributed by atoms with Crippen LogP contribution in [0.2, 0.25) is 0 Å². The minimum Gasteiger partial charge on any atom is -0.481 e. The van der Waals surface area contributed by atoms with Crippen molar-refractivity contribution in [3.05, 3.63) is 23.6 Å². The molecular formula is C7H8FN3O. The van der Waals surface area contributed by atoms with E-state index in [0.29, 0.717) is 11.4 Å². The minimum atomic E-state index is -0.450. The summed E-state index contributed by atoms with van der Waals surface area (Å²) in [5.74, 6) is -0.137. The number of hydrogen-bond acceptors (Lipinski definition) is 4. The van der Waals surface area contributed by atoms with Crippen LogP contribution in [0, 0.1) is 11.3 Å². The quantitative estimate of drug-likeness (QED) is 0.701. The van der Waals surface area contributed by atoms with Crippen LogP contribution in [-0.4, -0.2) is 12.1 Å². The fraction of sp³-hybridized carbons (Fsp3) is 0.286. The van der Waals surface area contributed by atoms with E-state index in [-0.39, 0.29) is 6.54 Å². The first-order valence-electron chi connectivity index (χ1n) is 3.29. The monoisotopic (exact) mass is 169 g/mol. The van der Waals surface area contributed by atoms with Gasteiger partial charge in [-0.15, -0.1) is 0 Å². The van der Waals surface area contributed by atoms with Crippen molar-refractivity contribution in [1.29, 1.82) is 5.53 Å². The van der Waals surface area contributed by atoms with Gasteiger partial charge in [0.1, 0.15) is 5.82 Å². The molecule has 0 radical (unpaired) electrons. The van der Waals surface area contributed by atoms with Gasteiger partial charge in [-0.1, -0.05) is 0 Å². The van der Waals surface area contributed by atoms with Gasteiger partial charge in [0, 0.05) is 5.56 Å². The summed E-state index contributed by atoms with van der Waals surface area (Å²) in [7, 11) is 1.44. The molecule has 0 fully saturated rings. The number of rotatable bonds is 3. The highest BCUT2D eigenvalue weighted by molar-refractivity contribution is 5.25. The lowest BCUT2D eigenvalue weighted by molar-refractivity contribution is 0.390. The van der Waals surface area contributed by atoms with Crippen LogP contribution < -0.4 is 4.74 Å². The molecular weight excluding hydrogens is 161 g/mol. The van der Waals surface area contributed by atoms with Crippen molar-refractivity contribution in [2.75, 3.05) is 7.11 Å². The fourth-order valence-electron chi connectivity index (χ4n) is 0.851. The van der Waals surface area contributed by atoms with Crippen molar-refractivity contribution >= 4 is 0 Å². The van der Waals surface area contributed by atoms with Crippen LogP contribution in [0.1, 0.15) is 5.56 Å². The summed E-state index contributed by atoms with van der Waals surface area (Å²) in [6.07, 6.45) is 1.06. The lowest BCUT2D eigenvalue weighted by Gasteiger charge is -2.03. The van der Waals surface area contributed by atoms with Gasteiger partial charge in [0.15, 0.2) is 0 Å². The van der Waals surface area contributed by atoms with E-state index >= 15 is 0 Å². The summed E-state index contributed by atoms with van der Waals surface area (Å²) >= 11 is 0. The second-order valence-electron chi connectivity index (χ2n) is 2.14. The zero-order chi connectivity index (χ0) is 8.97. The first kappa shape index (κ1) is 8.58. The molecule has 0 atom stereocenters. The van der Waals surface area contributed by atoms with E-state index in [1.165, 1.54) is 13.2 Å². The molecule has 1 N–H and O–H groups in total. The molecule has 1 aromatic rings. The average Bonchev–Trinajstić information content (AvgIpc) is 2.05. The molecule has 0 amide bonds. The van der Waals surface area contributed by atoms with Crippen LogP contribution in [-0.2, 0) is 6.54 Å². The van der Waals surface area contributed by atoms with Crippen molar-refractivity contribution in [2.24, 2.45) is 5.11 Å². The predicted octanol–water partition coefficient (Wildman–Crippen LogP) is 1.76. The van der Waals surface area contributed by atoms with Crippen LogP contribution in [0.15, 0.2) is 17.4 Å². The first-order chi connectivity index (χ1) is 5.77. The Hall–Kier alpha value is -1.52. The van der Waals surface area contributed by atoms with Gasteiger partial charge in [-0.2, -0.15) is 5.11 Å². The van der Waals surface area contributed by atoms with Crippen LogP contribution in [0.5, 0.6) is 5.88 Å². The van der Waals surface area contributed by atoms with Crippen LogP contribution in [0.25, 0.3) is 0 Å². The smallest absolute Gasteiger partial charge is 0.218 e. The summed E-state index contributed by atoms with van der Waals surface area (Å²) in [6, 6.07) is 1.25. The van der Waals surface area contributed by atoms with Crippen molar-refractivity contribution in [3.63, 3.8) is 0 Å². The molecule has 0 aromatic carbocycles. The number of nitrogens with zero attached hydrogens (tertiary/aromatic N) is 2. The molecule has 1 rings (SSSR count). The highest BCUT2D eigenvalue weighted by Crippen LogP contribution is 2.16. The largest absolute Gasteiger partial charge is 0.481 e. The second-order valence-corrected chi connectivity index (χ2v) is 2.14. The maximum atomic E-state index is 12.6. The molecule has 1 aromatic heterocycles. The van der Waals surface area contributed by atoms with E-state index < -0.39 is 5.82 Å². The SMILES string of the molecule is COc1ncc(F)cc1CN=N. The van der Waals surface area contributed by atoms with Crippen LogP contribution in [0.3, 0.4) is 0 Å². The van der Waals surface area contributed by atoms with Gasteiger partial charge in [-0.3, -0.25) is 0 Å². The molecule has 0 saturated carbocycles. The topological polar surface area (TPSA) is 58.3 Å². The Balaban J connectivity index is 3.03. The van der Waals surface area contributed by atoms with E-state index in [0.717, 1.165) is 6.20 Å². The van der Waals surface area contributed by atoms with Gasteiger partial charge in [0.2, 0.25) is 5.88 Å². The third kappa shape index (κ3) is 1.75. The van der Waals surface area contributed by atoms with E-state index in [9.17, 15) is 4.39 Å². The maximum Gasteiger partial charge on any atom is 0.218 e. The fourth-order valence-corrected chi connectivity index (χ4v) is 0.851. The Morgan fingerprint density at radius 2 is 2.50 bits per heavy atom. The summed E-state index contributed by atoms with van der Waals surface area (Å²) < 4.78 is 17.4. The van der Waals surface area contributed by atoms with Crippen LogP contribution >= 0.6 is 0 Å². The second kappa shape index (κ2) is 3.75. The number of halogens is 1. The van der Waals surface area contributed by atoms with Crippen molar-refractivity contribution in [1.82, 2.24) is 4.98 Å². The van der Waals surface area contributed by atoms with E-state index in [2.05, 4.69) is 10.1 Å². The standard InChI is InChI=1S/C7H8FN3O/c1-12-7-5(3-11-9)2-6(8)4-10-7/h2,4,9H,3H2,1H3.